The minimum atomic E-state index is -0.841. The molecule has 25 heavy (non-hydrogen) atoms. The van der Waals surface area contributed by atoms with Crippen LogP contribution in [0.3, 0.4) is 0 Å². The Hall–Kier alpha value is -3.13. The maximum absolute atomic E-state index is 12.1. The molecule has 1 aliphatic rings. The van der Waals surface area contributed by atoms with Crippen molar-refractivity contribution in [3.63, 3.8) is 0 Å². The van der Waals surface area contributed by atoms with Crippen LogP contribution in [0.2, 0.25) is 5.02 Å². The number of para-hydroxylation sites is 2. The average molecular weight is 362 g/mol. The van der Waals surface area contributed by atoms with Crippen molar-refractivity contribution < 1.29 is 19.2 Å². The maximum Gasteiger partial charge on any atom is 0.288 e. The van der Waals surface area contributed by atoms with Gasteiger partial charge in [-0.3, -0.25) is 14.9 Å². The third-order valence-electron chi connectivity index (χ3n) is 3.36. The number of hydrogen-bond donors (Lipinski definition) is 1. The molecule has 0 saturated heterocycles. The molecule has 0 saturated carbocycles. The van der Waals surface area contributed by atoms with Crippen LogP contribution in [-0.4, -0.2) is 29.8 Å². The van der Waals surface area contributed by atoms with Crippen molar-refractivity contribution in [1.29, 1.82) is 0 Å². The summed E-state index contributed by atoms with van der Waals surface area (Å²) in [6, 6.07) is 11.2. The third kappa shape index (κ3) is 3.86. The highest BCUT2D eigenvalue weighted by Crippen LogP contribution is 2.30. The molecule has 0 bridgehead atoms. The Morgan fingerprint density at radius 2 is 2.08 bits per heavy atom. The third-order valence-corrected chi connectivity index (χ3v) is 3.68. The lowest BCUT2D eigenvalue weighted by Crippen LogP contribution is -2.42. The van der Waals surface area contributed by atoms with Crippen LogP contribution >= 0.6 is 11.6 Å². The molecule has 1 amide bonds. The first kappa shape index (κ1) is 16.7. The molecule has 0 radical (unpaired) electrons. The molecule has 2 aromatic rings. The number of hydrogen-bond acceptors (Lipinski definition) is 6. The van der Waals surface area contributed by atoms with Gasteiger partial charge in [-0.15, -0.1) is 0 Å². The number of amides is 1. The summed E-state index contributed by atoms with van der Waals surface area (Å²) in [4.78, 5) is 22.3. The number of rotatable bonds is 4. The first-order valence-corrected chi connectivity index (χ1v) is 7.58. The predicted octanol–water partition coefficient (Wildman–Crippen LogP) is 2.54. The molecule has 1 N–H and O–H groups in total. The molecule has 1 aliphatic heterocycles. The van der Waals surface area contributed by atoms with E-state index in [1.54, 1.807) is 30.3 Å². The molecule has 3 rings (SSSR count). The Morgan fingerprint density at radius 1 is 1.32 bits per heavy atom. The summed E-state index contributed by atoms with van der Waals surface area (Å²) in [7, 11) is 0. The Kier molecular flexibility index (Phi) is 4.80. The van der Waals surface area contributed by atoms with E-state index < -0.39 is 16.9 Å². The van der Waals surface area contributed by atoms with E-state index in [2.05, 4.69) is 10.5 Å². The van der Waals surface area contributed by atoms with Gasteiger partial charge in [-0.25, -0.2) is 5.43 Å². The molecule has 0 aromatic heterocycles. The Labute approximate surface area is 147 Å². The summed E-state index contributed by atoms with van der Waals surface area (Å²) in [6.45, 7) is 0.0603. The highest BCUT2D eigenvalue weighted by molar-refractivity contribution is 6.32. The highest BCUT2D eigenvalue weighted by Gasteiger charge is 2.27. The van der Waals surface area contributed by atoms with Gasteiger partial charge in [0.2, 0.25) is 6.10 Å². The summed E-state index contributed by atoms with van der Waals surface area (Å²) in [6.07, 6.45) is 0.436. The SMILES string of the molecule is O=C(NN=Cc1ccc(Cl)c([N+](=O)[O-])c1)[C@@H]1COc2ccccc2O1. The van der Waals surface area contributed by atoms with E-state index in [9.17, 15) is 14.9 Å². The standard InChI is InChI=1S/C16H12ClN3O5/c17-11-6-5-10(7-12(11)20(22)23)8-18-19-16(21)15-9-24-13-3-1-2-4-14(13)25-15/h1-8,15H,9H2,(H,19,21)/t15-/m0/s1. The number of nitro benzene ring substituents is 1. The normalized spacial score (nSPS) is 15.8. The van der Waals surface area contributed by atoms with Crippen molar-refractivity contribution >= 4 is 29.4 Å². The molecular formula is C16H12ClN3O5. The van der Waals surface area contributed by atoms with Crippen molar-refractivity contribution in [2.24, 2.45) is 5.10 Å². The molecule has 1 atom stereocenters. The number of nitrogens with zero attached hydrogens (tertiary/aromatic N) is 2. The van der Waals surface area contributed by atoms with E-state index in [0.29, 0.717) is 17.1 Å². The quantitative estimate of drug-likeness (QED) is 0.512. The zero-order chi connectivity index (χ0) is 17.8. The van der Waals surface area contributed by atoms with E-state index in [0.717, 1.165) is 0 Å². The zero-order valence-corrected chi connectivity index (χ0v) is 13.5. The van der Waals surface area contributed by atoms with E-state index >= 15 is 0 Å². The molecule has 8 nitrogen and oxygen atoms in total. The number of carbonyl (C=O) groups is 1. The predicted molar refractivity (Wildman–Crippen MR) is 90.2 cm³/mol. The molecule has 0 spiro atoms. The first-order chi connectivity index (χ1) is 12.0. The van der Waals surface area contributed by atoms with E-state index in [4.69, 9.17) is 21.1 Å². The average Bonchev–Trinajstić information content (AvgIpc) is 2.62. The van der Waals surface area contributed by atoms with Crippen LogP contribution in [0.25, 0.3) is 0 Å². The second-order valence-corrected chi connectivity index (χ2v) is 5.47. The lowest BCUT2D eigenvalue weighted by molar-refractivity contribution is -0.384. The van der Waals surface area contributed by atoms with Gasteiger partial charge in [-0.1, -0.05) is 29.8 Å². The number of nitro groups is 1. The lowest BCUT2D eigenvalue weighted by Gasteiger charge is -2.24. The number of halogens is 1. The molecule has 1 heterocycles. The van der Waals surface area contributed by atoms with Crippen molar-refractivity contribution in [2.75, 3.05) is 6.61 Å². The number of hydrazone groups is 1. The smallest absolute Gasteiger partial charge is 0.288 e. The Balaban J connectivity index is 1.62. The second kappa shape index (κ2) is 7.18. The molecule has 2 aromatic carbocycles. The van der Waals surface area contributed by atoms with Gasteiger partial charge in [-0.2, -0.15) is 5.10 Å². The monoisotopic (exact) mass is 361 g/mol. The Bertz CT molecular complexity index is 855. The lowest BCUT2D eigenvalue weighted by atomic mass is 10.2. The van der Waals surface area contributed by atoms with Gasteiger partial charge >= 0.3 is 0 Å². The van der Waals surface area contributed by atoms with Crippen LogP contribution in [0.15, 0.2) is 47.6 Å². The van der Waals surface area contributed by atoms with E-state index in [1.165, 1.54) is 18.3 Å². The van der Waals surface area contributed by atoms with Gasteiger partial charge < -0.3 is 9.47 Å². The van der Waals surface area contributed by atoms with Gasteiger partial charge in [0.05, 0.1) is 11.1 Å². The molecule has 128 valence electrons. The minimum Gasteiger partial charge on any atom is -0.485 e. The van der Waals surface area contributed by atoms with Crippen LogP contribution in [0.5, 0.6) is 11.5 Å². The summed E-state index contributed by atoms with van der Waals surface area (Å²) in [5.41, 5.74) is 2.50. The first-order valence-electron chi connectivity index (χ1n) is 7.20. The van der Waals surface area contributed by atoms with Crippen molar-refractivity contribution in [3.8, 4) is 11.5 Å². The Morgan fingerprint density at radius 3 is 2.84 bits per heavy atom. The summed E-state index contributed by atoms with van der Waals surface area (Å²) in [5.74, 6) is 0.559. The topological polar surface area (TPSA) is 103 Å². The van der Waals surface area contributed by atoms with Crippen LogP contribution < -0.4 is 14.9 Å². The number of carbonyl (C=O) groups excluding carboxylic acids is 1. The fourth-order valence-electron chi connectivity index (χ4n) is 2.14. The number of benzene rings is 2. The highest BCUT2D eigenvalue weighted by atomic mass is 35.5. The van der Waals surface area contributed by atoms with Crippen LogP contribution in [0, 0.1) is 10.1 Å². The van der Waals surface area contributed by atoms with E-state index in [-0.39, 0.29) is 17.3 Å². The summed E-state index contributed by atoms with van der Waals surface area (Å²) >= 11 is 5.73. The number of fused-ring (bicyclic) bond motifs is 1. The van der Waals surface area contributed by atoms with Crippen LogP contribution in [-0.2, 0) is 4.79 Å². The van der Waals surface area contributed by atoms with Crippen molar-refractivity contribution in [2.45, 2.75) is 6.10 Å². The van der Waals surface area contributed by atoms with Crippen LogP contribution in [0.4, 0.5) is 5.69 Å². The second-order valence-electron chi connectivity index (χ2n) is 5.07. The van der Waals surface area contributed by atoms with E-state index in [1.807, 2.05) is 0 Å². The van der Waals surface area contributed by atoms with Gasteiger partial charge in [0.1, 0.15) is 11.6 Å². The molecule has 0 aliphatic carbocycles. The zero-order valence-electron chi connectivity index (χ0n) is 12.7. The largest absolute Gasteiger partial charge is 0.485 e. The summed E-state index contributed by atoms with van der Waals surface area (Å²) < 4.78 is 11.0. The van der Waals surface area contributed by atoms with Gasteiger partial charge in [0.15, 0.2) is 11.5 Å². The number of ether oxygens (including phenoxy) is 2. The van der Waals surface area contributed by atoms with Gasteiger partial charge in [0, 0.05) is 11.6 Å². The fraction of sp³-hybridized carbons (Fsp3) is 0.125. The van der Waals surface area contributed by atoms with Crippen molar-refractivity contribution in [3.05, 3.63) is 63.2 Å². The van der Waals surface area contributed by atoms with Gasteiger partial charge in [0.25, 0.3) is 11.6 Å². The van der Waals surface area contributed by atoms with Gasteiger partial charge in [-0.05, 0) is 18.2 Å². The summed E-state index contributed by atoms with van der Waals surface area (Å²) in [5, 5.41) is 14.6. The minimum absolute atomic E-state index is 0.0256. The molecule has 0 unspecified atom stereocenters. The van der Waals surface area contributed by atoms with Crippen molar-refractivity contribution in [1.82, 2.24) is 5.43 Å². The fourth-order valence-corrected chi connectivity index (χ4v) is 2.33. The maximum atomic E-state index is 12.1. The molecular weight excluding hydrogens is 350 g/mol. The molecule has 0 fully saturated rings. The molecule has 9 heteroatoms. The van der Waals surface area contributed by atoms with Crippen LogP contribution in [0.1, 0.15) is 5.56 Å². The number of nitrogens with one attached hydrogen (secondary N) is 1.